The highest BCUT2D eigenvalue weighted by molar-refractivity contribution is 5.68. The monoisotopic (exact) mass is 421 g/mol. The summed E-state index contributed by atoms with van der Waals surface area (Å²) in [5.41, 5.74) is 1.71. The van der Waals surface area contributed by atoms with Crippen LogP contribution in [0.15, 0.2) is 60.9 Å². The molecule has 1 aliphatic rings. The fraction of sp³-hybridized carbons (Fsp3) is 0.304. The lowest BCUT2D eigenvalue weighted by molar-refractivity contribution is 0.0783. The number of piperidine rings is 1. The van der Waals surface area contributed by atoms with Gasteiger partial charge < -0.3 is 15.0 Å². The van der Waals surface area contributed by atoms with E-state index in [4.69, 9.17) is 4.74 Å². The van der Waals surface area contributed by atoms with E-state index in [1.165, 1.54) is 6.20 Å². The van der Waals surface area contributed by atoms with Crippen LogP contribution in [-0.4, -0.2) is 45.1 Å². The quantitative estimate of drug-likeness (QED) is 0.624. The molecule has 31 heavy (non-hydrogen) atoms. The number of nitrogens with zero attached hydrogens (tertiary/aromatic N) is 4. The van der Waals surface area contributed by atoms with Crippen molar-refractivity contribution in [2.45, 2.75) is 26.0 Å². The Balaban J connectivity index is 1.40. The second-order valence-electron chi connectivity index (χ2n) is 7.73. The Morgan fingerprint density at radius 3 is 2.77 bits per heavy atom. The molecule has 2 atom stereocenters. The van der Waals surface area contributed by atoms with Crippen molar-refractivity contribution in [1.29, 1.82) is 0 Å². The fourth-order valence-corrected chi connectivity index (χ4v) is 3.75. The fourth-order valence-electron chi connectivity index (χ4n) is 3.75. The van der Waals surface area contributed by atoms with Crippen LogP contribution in [0.2, 0.25) is 0 Å². The lowest BCUT2D eigenvalue weighted by Crippen LogP contribution is -2.48. The van der Waals surface area contributed by atoms with Crippen molar-refractivity contribution in [3.05, 3.63) is 72.4 Å². The van der Waals surface area contributed by atoms with Crippen LogP contribution < -0.4 is 5.32 Å². The van der Waals surface area contributed by atoms with E-state index >= 15 is 0 Å². The lowest BCUT2D eigenvalue weighted by atomic mass is 9.96. The van der Waals surface area contributed by atoms with Crippen LogP contribution in [0.25, 0.3) is 11.3 Å². The molecule has 0 aliphatic carbocycles. The molecule has 3 heterocycles. The molecular weight excluding hydrogens is 397 g/mol. The number of hydrogen-bond donors (Lipinski definition) is 1. The van der Waals surface area contributed by atoms with E-state index in [0.717, 1.165) is 12.0 Å². The number of carbonyl (C=O) groups excluding carboxylic acids is 1. The van der Waals surface area contributed by atoms with Crippen molar-refractivity contribution in [1.82, 2.24) is 19.9 Å². The maximum Gasteiger partial charge on any atom is 0.410 e. The third kappa shape index (κ3) is 5.33. The van der Waals surface area contributed by atoms with Crippen LogP contribution in [0, 0.1) is 11.9 Å². The molecular formula is C23H24FN5O2. The molecule has 0 saturated carbocycles. The van der Waals surface area contributed by atoms with Gasteiger partial charge in [-0.1, -0.05) is 37.3 Å². The predicted molar refractivity (Wildman–Crippen MR) is 115 cm³/mol. The summed E-state index contributed by atoms with van der Waals surface area (Å²) in [6.45, 7) is 3.44. The summed E-state index contributed by atoms with van der Waals surface area (Å²) in [4.78, 5) is 26.7. The Morgan fingerprint density at radius 2 is 1.97 bits per heavy atom. The van der Waals surface area contributed by atoms with Crippen molar-refractivity contribution in [2.75, 3.05) is 18.4 Å². The maximum atomic E-state index is 14.0. The Labute approximate surface area is 180 Å². The highest BCUT2D eigenvalue weighted by Gasteiger charge is 2.29. The number of benzene rings is 1. The topological polar surface area (TPSA) is 80.2 Å². The van der Waals surface area contributed by atoms with Gasteiger partial charge in [0.1, 0.15) is 6.61 Å². The molecule has 0 spiro atoms. The standard InChI is InChI=1S/C23H24FN5O2/c1-16-12-18(14-29(13-16)23(30)31-15-17-6-3-2-4-7-17)27-22-26-11-9-20(28-22)19-8-5-10-25-21(19)24/h2-11,16,18H,12-15H2,1H3,(H,26,27,28)/t16-,18+/m1/s1. The SMILES string of the molecule is C[C@@H]1C[C@H](Nc2nccc(-c3cccnc3F)n2)CN(C(=O)OCc2ccccc2)C1. The molecule has 2 aromatic heterocycles. The molecule has 1 amide bonds. The highest BCUT2D eigenvalue weighted by atomic mass is 19.1. The lowest BCUT2D eigenvalue weighted by Gasteiger charge is -2.36. The van der Waals surface area contributed by atoms with Gasteiger partial charge >= 0.3 is 6.09 Å². The van der Waals surface area contributed by atoms with Crippen LogP contribution in [0.1, 0.15) is 18.9 Å². The molecule has 1 N–H and O–H groups in total. The minimum Gasteiger partial charge on any atom is -0.445 e. The van der Waals surface area contributed by atoms with E-state index in [2.05, 4.69) is 27.2 Å². The van der Waals surface area contributed by atoms with Gasteiger partial charge in [0.2, 0.25) is 11.9 Å². The molecule has 8 heteroatoms. The minimum absolute atomic E-state index is 0.0398. The number of pyridine rings is 1. The van der Waals surface area contributed by atoms with E-state index in [9.17, 15) is 9.18 Å². The summed E-state index contributed by atoms with van der Waals surface area (Å²) in [5, 5.41) is 3.29. The minimum atomic E-state index is -0.578. The molecule has 0 radical (unpaired) electrons. The van der Waals surface area contributed by atoms with Crippen LogP contribution in [-0.2, 0) is 11.3 Å². The highest BCUT2D eigenvalue weighted by Crippen LogP contribution is 2.22. The number of likely N-dealkylation sites (tertiary alicyclic amines) is 1. The van der Waals surface area contributed by atoms with Gasteiger partial charge in [0.15, 0.2) is 0 Å². The molecule has 160 valence electrons. The first kappa shape index (κ1) is 20.7. The number of amides is 1. The molecule has 3 aromatic rings. The van der Waals surface area contributed by atoms with Gasteiger partial charge in [0.25, 0.3) is 0 Å². The van der Waals surface area contributed by atoms with Crippen LogP contribution >= 0.6 is 0 Å². The van der Waals surface area contributed by atoms with Gasteiger partial charge in [0.05, 0.1) is 11.3 Å². The van der Waals surface area contributed by atoms with Crippen LogP contribution in [0.4, 0.5) is 15.1 Å². The number of carbonyl (C=O) groups is 1. The van der Waals surface area contributed by atoms with E-state index in [1.54, 1.807) is 29.3 Å². The number of hydrogen-bond acceptors (Lipinski definition) is 6. The number of rotatable bonds is 5. The molecule has 1 aliphatic heterocycles. The van der Waals surface area contributed by atoms with Crippen molar-refractivity contribution in [3.8, 4) is 11.3 Å². The zero-order valence-electron chi connectivity index (χ0n) is 17.2. The second-order valence-corrected chi connectivity index (χ2v) is 7.73. The number of ether oxygens (including phenoxy) is 1. The first-order valence-corrected chi connectivity index (χ1v) is 10.2. The van der Waals surface area contributed by atoms with Crippen LogP contribution in [0.3, 0.4) is 0 Å². The first-order valence-electron chi connectivity index (χ1n) is 10.2. The number of anilines is 1. The van der Waals surface area contributed by atoms with Gasteiger partial charge in [-0.3, -0.25) is 0 Å². The third-order valence-electron chi connectivity index (χ3n) is 5.15. The summed E-state index contributed by atoms with van der Waals surface area (Å²) in [7, 11) is 0. The third-order valence-corrected chi connectivity index (χ3v) is 5.15. The van der Waals surface area contributed by atoms with Crippen molar-refractivity contribution < 1.29 is 13.9 Å². The van der Waals surface area contributed by atoms with Gasteiger partial charge in [0, 0.05) is 31.5 Å². The zero-order chi connectivity index (χ0) is 21.6. The average molecular weight is 421 g/mol. The maximum absolute atomic E-state index is 14.0. The number of nitrogens with one attached hydrogen (secondary N) is 1. The van der Waals surface area contributed by atoms with Crippen molar-refractivity contribution in [3.63, 3.8) is 0 Å². The Kier molecular flexibility index (Phi) is 6.35. The van der Waals surface area contributed by atoms with E-state index in [1.807, 2.05) is 30.3 Å². The van der Waals surface area contributed by atoms with Gasteiger partial charge in [-0.2, -0.15) is 4.39 Å². The summed E-state index contributed by atoms with van der Waals surface area (Å²) in [6.07, 6.45) is 3.50. The van der Waals surface area contributed by atoms with E-state index in [0.29, 0.717) is 30.3 Å². The van der Waals surface area contributed by atoms with E-state index in [-0.39, 0.29) is 24.7 Å². The summed E-state index contributed by atoms with van der Waals surface area (Å²) in [6, 6.07) is 14.5. The van der Waals surface area contributed by atoms with Crippen LogP contribution in [0.5, 0.6) is 0 Å². The molecule has 0 unspecified atom stereocenters. The molecule has 4 rings (SSSR count). The smallest absolute Gasteiger partial charge is 0.410 e. The van der Waals surface area contributed by atoms with Gasteiger partial charge in [-0.05, 0) is 36.1 Å². The molecule has 1 saturated heterocycles. The number of aromatic nitrogens is 3. The molecule has 1 aromatic carbocycles. The molecule has 0 bridgehead atoms. The summed E-state index contributed by atoms with van der Waals surface area (Å²) >= 11 is 0. The summed E-state index contributed by atoms with van der Waals surface area (Å²) in [5.74, 6) is 0.0951. The van der Waals surface area contributed by atoms with Crippen molar-refractivity contribution in [2.24, 2.45) is 5.92 Å². The van der Waals surface area contributed by atoms with Gasteiger partial charge in [-0.15, -0.1) is 0 Å². The van der Waals surface area contributed by atoms with Crippen molar-refractivity contribution >= 4 is 12.0 Å². The average Bonchev–Trinajstić information content (AvgIpc) is 2.78. The summed E-state index contributed by atoms with van der Waals surface area (Å²) < 4.78 is 19.5. The number of halogens is 1. The Bertz CT molecular complexity index is 1030. The molecule has 7 nitrogen and oxygen atoms in total. The zero-order valence-corrected chi connectivity index (χ0v) is 17.2. The normalized spacial score (nSPS) is 18.5. The van der Waals surface area contributed by atoms with Gasteiger partial charge in [-0.25, -0.2) is 19.7 Å². The molecule has 1 fully saturated rings. The Morgan fingerprint density at radius 1 is 1.13 bits per heavy atom. The predicted octanol–water partition coefficient (Wildman–Crippen LogP) is 4.14. The largest absolute Gasteiger partial charge is 0.445 e. The Hall–Kier alpha value is -3.55. The second kappa shape index (κ2) is 9.51. The van der Waals surface area contributed by atoms with E-state index < -0.39 is 5.95 Å². The first-order chi connectivity index (χ1) is 15.1.